The minimum absolute atomic E-state index is 0.824. The molecule has 0 saturated heterocycles. The van der Waals surface area contributed by atoms with Crippen molar-refractivity contribution in [2.45, 2.75) is 27.2 Å². The standard InChI is InChI=1S/C24H25N/c1-17-12-15-24(25)23(16-17)22(21-11-7-5-9-19(21)3)14-13-20-10-6-4-8-18(20)2/h4-12,14-16H,13,25H2,1-3H3/b22-14+. The Kier molecular flexibility index (Phi) is 5.04. The SMILES string of the molecule is Cc1ccc(N)c(/C(=C/Cc2ccccc2C)c2ccccc2C)c1. The van der Waals surface area contributed by atoms with Crippen molar-refractivity contribution in [2.75, 3.05) is 5.73 Å². The molecular weight excluding hydrogens is 302 g/mol. The first-order valence-electron chi connectivity index (χ1n) is 8.73. The minimum atomic E-state index is 0.824. The lowest BCUT2D eigenvalue weighted by Crippen LogP contribution is -1.99. The van der Waals surface area contributed by atoms with Gasteiger partial charge in [0.05, 0.1) is 0 Å². The lowest BCUT2D eigenvalue weighted by molar-refractivity contribution is 1.21. The largest absolute Gasteiger partial charge is 0.398 e. The van der Waals surface area contributed by atoms with Gasteiger partial charge in [-0.2, -0.15) is 0 Å². The van der Waals surface area contributed by atoms with Gasteiger partial charge in [0.2, 0.25) is 0 Å². The molecule has 0 aromatic heterocycles. The smallest absolute Gasteiger partial charge is 0.0394 e. The molecule has 3 rings (SSSR count). The second kappa shape index (κ2) is 7.40. The molecule has 0 radical (unpaired) electrons. The Morgan fingerprint density at radius 3 is 2.20 bits per heavy atom. The molecule has 0 aliphatic carbocycles. The average Bonchev–Trinajstić information content (AvgIpc) is 2.61. The Morgan fingerprint density at radius 1 is 0.800 bits per heavy atom. The summed E-state index contributed by atoms with van der Waals surface area (Å²) in [6, 6.07) is 23.3. The molecule has 0 aliphatic heterocycles. The minimum Gasteiger partial charge on any atom is -0.398 e. The van der Waals surface area contributed by atoms with Gasteiger partial charge in [-0.05, 0) is 67.2 Å². The normalized spacial score (nSPS) is 11.6. The Bertz CT molecular complexity index is 919. The number of hydrogen-bond donors (Lipinski definition) is 1. The summed E-state index contributed by atoms with van der Waals surface area (Å²) in [5.74, 6) is 0. The van der Waals surface area contributed by atoms with Crippen LogP contribution in [0.4, 0.5) is 5.69 Å². The van der Waals surface area contributed by atoms with Gasteiger partial charge in [-0.1, -0.05) is 66.2 Å². The van der Waals surface area contributed by atoms with Gasteiger partial charge in [-0.25, -0.2) is 0 Å². The summed E-state index contributed by atoms with van der Waals surface area (Å²) in [5.41, 5.74) is 15.9. The van der Waals surface area contributed by atoms with Crippen molar-refractivity contribution in [1.29, 1.82) is 0 Å². The van der Waals surface area contributed by atoms with Crippen LogP contribution >= 0.6 is 0 Å². The van der Waals surface area contributed by atoms with E-state index in [0.29, 0.717) is 0 Å². The summed E-state index contributed by atoms with van der Waals surface area (Å²) in [6.45, 7) is 6.43. The van der Waals surface area contributed by atoms with E-state index in [0.717, 1.165) is 17.7 Å². The van der Waals surface area contributed by atoms with E-state index in [1.165, 1.54) is 33.4 Å². The van der Waals surface area contributed by atoms with Gasteiger partial charge in [-0.3, -0.25) is 0 Å². The van der Waals surface area contributed by atoms with Crippen LogP contribution in [0.1, 0.15) is 33.4 Å². The number of aryl methyl sites for hydroxylation is 3. The average molecular weight is 327 g/mol. The van der Waals surface area contributed by atoms with E-state index >= 15 is 0 Å². The van der Waals surface area contributed by atoms with Crippen molar-refractivity contribution in [3.8, 4) is 0 Å². The highest BCUT2D eigenvalue weighted by molar-refractivity contribution is 5.87. The highest BCUT2D eigenvalue weighted by Gasteiger charge is 2.11. The van der Waals surface area contributed by atoms with Crippen LogP contribution in [0.15, 0.2) is 72.8 Å². The molecule has 0 bridgehead atoms. The van der Waals surface area contributed by atoms with E-state index in [1.54, 1.807) is 0 Å². The van der Waals surface area contributed by atoms with E-state index in [4.69, 9.17) is 5.73 Å². The molecule has 0 unspecified atom stereocenters. The van der Waals surface area contributed by atoms with Crippen LogP contribution in [0.2, 0.25) is 0 Å². The zero-order chi connectivity index (χ0) is 17.8. The molecule has 0 aliphatic rings. The van der Waals surface area contributed by atoms with Crippen LogP contribution in [0.3, 0.4) is 0 Å². The van der Waals surface area contributed by atoms with Crippen molar-refractivity contribution >= 4 is 11.3 Å². The van der Waals surface area contributed by atoms with Crippen molar-refractivity contribution < 1.29 is 0 Å². The molecule has 3 aromatic rings. The Balaban J connectivity index is 2.12. The summed E-state index contributed by atoms with van der Waals surface area (Å²) < 4.78 is 0. The lowest BCUT2D eigenvalue weighted by Gasteiger charge is -2.15. The highest BCUT2D eigenvalue weighted by atomic mass is 14.6. The third-order valence-corrected chi connectivity index (χ3v) is 4.72. The first-order chi connectivity index (χ1) is 12.1. The van der Waals surface area contributed by atoms with Crippen LogP contribution in [0.5, 0.6) is 0 Å². The molecule has 0 amide bonds. The van der Waals surface area contributed by atoms with Crippen LogP contribution < -0.4 is 5.73 Å². The number of anilines is 1. The van der Waals surface area contributed by atoms with E-state index in [9.17, 15) is 0 Å². The van der Waals surface area contributed by atoms with E-state index in [2.05, 4.69) is 87.5 Å². The summed E-state index contributed by atoms with van der Waals surface area (Å²) in [6.07, 6.45) is 3.21. The second-order valence-corrected chi connectivity index (χ2v) is 6.65. The Hall–Kier alpha value is -2.80. The topological polar surface area (TPSA) is 26.0 Å². The van der Waals surface area contributed by atoms with Gasteiger partial charge in [0.15, 0.2) is 0 Å². The molecule has 3 aromatic carbocycles. The molecule has 0 spiro atoms. The number of rotatable bonds is 4. The molecule has 0 fully saturated rings. The summed E-state index contributed by atoms with van der Waals surface area (Å²) >= 11 is 0. The quantitative estimate of drug-likeness (QED) is 0.596. The van der Waals surface area contributed by atoms with E-state index in [1.807, 2.05) is 6.07 Å². The fourth-order valence-electron chi connectivity index (χ4n) is 3.19. The molecule has 1 nitrogen and oxygen atoms in total. The number of benzene rings is 3. The van der Waals surface area contributed by atoms with Crippen molar-refractivity contribution in [2.24, 2.45) is 0 Å². The second-order valence-electron chi connectivity index (χ2n) is 6.65. The number of nitrogen functional groups attached to an aromatic ring is 1. The Morgan fingerprint density at radius 2 is 1.48 bits per heavy atom. The number of allylic oxidation sites excluding steroid dienone is 1. The van der Waals surface area contributed by atoms with Gasteiger partial charge in [0, 0.05) is 11.3 Å². The van der Waals surface area contributed by atoms with E-state index in [-0.39, 0.29) is 0 Å². The highest BCUT2D eigenvalue weighted by Crippen LogP contribution is 2.31. The molecule has 0 saturated carbocycles. The maximum Gasteiger partial charge on any atom is 0.0394 e. The molecule has 0 heterocycles. The first kappa shape index (κ1) is 17.0. The Labute approximate surface area is 150 Å². The van der Waals surface area contributed by atoms with Crippen molar-refractivity contribution in [1.82, 2.24) is 0 Å². The molecular formula is C24H25N. The predicted molar refractivity (Wildman–Crippen MR) is 109 cm³/mol. The molecule has 126 valence electrons. The van der Waals surface area contributed by atoms with Crippen molar-refractivity contribution in [3.63, 3.8) is 0 Å². The zero-order valence-corrected chi connectivity index (χ0v) is 15.2. The monoisotopic (exact) mass is 327 g/mol. The zero-order valence-electron chi connectivity index (χ0n) is 15.2. The van der Waals surface area contributed by atoms with Crippen LogP contribution in [0.25, 0.3) is 5.57 Å². The fourth-order valence-corrected chi connectivity index (χ4v) is 3.19. The van der Waals surface area contributed by atoms with Gasteiger partial charge in [0.1, 0.15) is 0 Å². The number of nitrogens with two attached hydrogens (primary N) is 1. The maximum absolute atomic E-state index is 6.34. The van der Waals surface area contributed by atoms with Gasteiger partial charge < -0.3 is 5.73 Å². The predicted octanol–water partition coefficient (Wildman–Crippen LogP) is 5.87. The summed E-state index contributed by atoms with van der Waals surface area (Å²) in [5, 5.41) is 0. The van der Waals surface area contributed by atoms with Crippen LogP contribution in [0, 0.1) is 20.8 Å². The summed E-state index contributed by atoms with van der Waals surface area (Å²) in [7, 11) is 0. The van der Waals surface area contributed by atoms with E-state index < -0.39 is 0 Å². The van der Waals surface area contributed by atoms with Gasteiger partial charge in [-0.15, -0.1) is 0 Å². The lowest BCUT2D eigenvalue weighted by atomic mass is 9.90. The van der Waals surface area contributed by atoms with Gasteiger partial charge >= 0.3 is 0 Å². The maximum atomic E-state index is 6.34. The van der Waals surface area contributed by atoms with Crippen LogP contribution in [-0.4, -0.2) is 0 Å². The molecule has 25 heavy (non-hydrogen) atoms. The first-order valence-corrected chi connectivity index (χ1v) is 8.73. The number of hydrogen-bond acceptors (Lipinski definition) is 1. The van der Waals surface area contributed by atoms with Crippen LogP contribution in [-0.2, 0) is 6.42 Å². The van der Waals surface area contributed by atoms with Crippen molar-refractivity contribution in [3.05, 3.63) is 106 Å². The summed E-state index contributed by atoms with van der Waals surface area (Å²) in [4.78, 5) is 0. The third-order valence-electron chi connectivity index (χ3n) is 4.72. The van der Waals surface area contributed by atoms with Gasteiger partial charge in [0.25, 0.3) is 0 Å². The third kappa shape index (κ3) is 3.83. The molecule has 0 atom stereocenters. The molecule has 1 heteroatoms. The molecule has 2 N–H and O–H groups in total. The fraction of sp³-hybridized carbons (Fsp3) is 0.167.